The molecule has 0 aliphatic carbocycles. The first-order chi connectivity index (χ1) is 7.63. The molecule has 1 saturated heterocycles. The Balaban J connectivity index is 2.35. The number of carbonyl (C=O) groups is 1. The zero-order valence-corrected chi connectivity index (χ0v) is 8.85. The van der Waals surface area contributed by atoms with Gasteiger partial charge in [-0.3, -0.25) is 4.79 Å². The molecule has 1 fully saturated rings. The summed E-state index contributed by atoms with van der Waals surface area (Å²) in [6.07, 6.45) is 0.216. The van der Waals surface area contributed by atoms with Crippen molar-refractivity contribution in [3.8, 4) is 6.07 Å². The van der Waals surface area contributed by atoms with Crippen LogP contribution in [0.3, 0.4) is 0 Å². The van der Waals surface area contributed by atoms with Gasteiger partial charge in [0.2, 0.25) is 5.91 Å². The third-order valence-corrected chi connectivity index (χ3v) is 2.91. The molecule has 4 heteroatoms. The van der Waals surface area contributed by atoms with Gasteiger partial charge < -0.3 is 4.90 Å². The van der Waals surface area contributed by atoms with Crippen LogP contribution in [0.2, 0.25) is 0 Å². The lowest BCUT2D eigenvalue weighted by Crippen LogP contribution is -2.32. The number of hydrogen-bond donors (Lipinski definition) is 0. The molecule has 0 aromatic heterocycles. The molecule has 82 valence electrons. The van der Waals surface area contributed by atoms with Crippen molar-refractivity contribution in [1.82, 2.24) is 0 Å². The Morgan fingerprint density at radius 1 is 1.56 bits per heavy atom. The monoisotopic (exact) mass is 218 g/mol. The highest BCUT2D eigenvalue weighted by Crippen LogP contribution is 2.30. The van der Waals surface area contributed by atoms with Crippen LogP contribution < -0.4 is 4.90 Å². The van der Waals surface area contributed by atoms with Crippen LogP contribution in [0.25, 0.3) is 0 Å². The number of benzene rings is 1. The third kappa shape index (κ3) is 1.65. The molecule has 16 heavy (non-hydrogen) atoms. The summed E-state index contributed by atoms with van der Waals surface area (Å²) in [5, 5.41) is 8.87. The summed E-state index contributed by atoms with van der Waals surface area (Å²) < 4.78 is 13.1. The van der Waals surface area contributed by atoms with E-state index in [2.05, 4.69) is 6.07 Å². The SMILES string of the molecule is CC1C(C#N)CC(=O)N1c1cccc(F)c1. The average Bonchev–Trinajstić information content (AvgIpc) is 2.53. The molecule has 2 unspecified atom stereocenters. The molecule has 1 aromatic rings. The number of carbonyl (C=O) groups excluding carboxylic acids is 1. The van der Waals surface area contributed by atoms with Crippen molar-refractivity contribution in [3.05, 3.63) is 30.1 Å². The van der Waals surface area contributed by atoms with E-state index in [0.717, 1.165) is 0 Å². The molecule has 0 N–H and O–H groups in total. The van der Waals surface area contributed by atoms with Crippen molar-refractivity contribution in [2.24, 2.45) is 5.92 Å². The van der Waals surface area contributed by atoms with Crippen LogP contribution in [0.4, 0.5) is 10.1 Å². The second kappa shape index (κ2) is 3.93. The maximum Gasteiger partial charge on any atom is 0.228 e. The molecule has 2 rings (SSSR count). The Labute approximate surface area is 93.1 Å². The van der Waals surface area contributed by atoms with Gasteiger partial charge in [0.05, 0.1) is 18.0 Å². The van der Waals surface area contributed by atoms with Gasteiger partial charge in [-0.1, -0.05) is 6.07 Å². The van der Waals surface area contributed by atoms with Crippen molar-refractivity contribution >= 4 is 11.6 Å². The lowest BCUT2D eigenvalue weighted by Gasteiger charge is -2.22. The van der Waals surface area contributed by atoms with Crippen molar-refractivity contribution in [3.63, 3.8) is 0 Å². The smallest absolute Gasteiger partial charge is 0.228 e. The number of amides is 1. The predicted molar refractivity (Wildman–Crippen MR) is 57.1 cm³/mol. The molecule has 1 amide bonds. The fourth-order valence-electron chi connectivity index (χ4n) is 2.02. The van der Waals surface area contributed by atoms with E-state index in [0.29, 0.717) is 5.69 Å². The predicted octanol–water partition coefficient (Wildman–Crippen LogP) is 2.09. The standard InChI is InChI=1S/C12H11FN2O/c1-8-9(7-14)5-12(16)15(8)11-4-2-3-10(13)6-11/h2-4,6,8-9H,5H2,1H3. The van der Waals surface area contributed by atoms with E-state index < -0.39 is 0 Å². The van der Waals surface area contributed by atoms with Gasteiger partial charge in [-0.15, -0.1) is 0 Å². The van der Waals surface area contributed by atoms with Gasteiger partial charge in [0.25, 0.3) is 0 Å². The van der Waals surface area contributed by atoms with Gasteiger partial charge in [0, 0.05) is 12.1 Å². The Bertz CT molecular complexity index is 466. The Morgan fingerprint density at radius 2 is 2.31 bits per heavy atom. The molecule has 1 aromatic carbocycles. The van der Waals surface area contributed by atoms with Gasteiger partial charge in [-0.2, -0.15) is 5.26 Å². The normalized spacial score (nSPS) is 24.6. The van der Waals surface area contributed by atoms with Gasteiger partial charge in [-0.05, 0) is 25.1 Å². The van der Waals surface area contributed by atoms with Gasteiger partial charge >= 0.3 is 0 Å². The van der Waals surface area contributed by atoms with E-state index in [1.165, 1.54) is 17.0 Å². The largest absolute Gasteiger partial charge is 0.308 e. The van der Waals surface area contributed by atoms with Crippen molar-refractivity contribution < 1.29 is 9.18 Å². The molecular weight excluding hydrogens is 207 g/mol. The first-order valence-corrected chi connectivity index (χ1v) is 5.10. The van der Waals surface area contributed by atoms with Crippen LogP contribution in [0, 0.1) is 23.1 Å². The Morgan fingerprint density at radius 3 is 2.88 bits per heavy atom. The van der Waals surface area contributed by atoms with Gasteiger partial charge in [0.1, 0.15) is 5.82 Å². The number of rotatable bonds is 1. The summed E-state index contributed by atoms with van der Waals surface area (Å²) in [5.74, 6) is -0.807. The fraction of sp³-hybridized carbons (Fsp3) is 0.333. The highest BCUT2D eigenvalue weighted by molar-refractivity contribution is 5.96. The lowest BCUT2D eigenvalue weighted by atomic mass is 10.0. The topological polar surface area (TPSA) is 44.1 Å². The highest BCUT2D eigenvalue weighted by Gasteiger charge is 2.37. The van der Waals surface area contributed by atoms with E-state index in [1.807, 2.05) is 6.92 Å². The van der Waals surface area contributed by atoms with Crippen LogP contribution in [-0.4, -0.2) is 11.9 Å². The Hall–Kier alpha value is -1.89. The number of nitriles is 1. The third-order valence-electron chi connectivity index (χ3n) is 2.91. The second-order valence-corrected chi connectivity index (χ2v) is 3.92. The first kappa shape index (κ1) is 10.6. The molecule has 1 aliphatic rings. The van der Waals surface area contributed by atoms with Crippen LogP contribution in [0.1, 0.15) is 13.3 Å². The van der Waals surface area contributed by atoms with E-state index in [9.17, 15) is 9.18 Å². The van der Waals surface area contributed by atoms with E-state index >= 15 is 0 Å². The minimum Gasteiger partial charge on any atom is -0.308 e. The average molecular weight is 218 g/mol. The quantitative estimate of drug-likeness (QED) is 0.724. The number of halogens is 1. The van der Waals surface area contributed by atoms with Crippen LogP contribution in [0.15, 0.2) is 24.3 Å². The van der Waals surface area contributed by atoms with Gasteiger partial charge in [0.15, 0.2) is 0 Å². The number of nitrogens with zero attached hydrogens (tertiary/aromatic N) is 2. The molecule has 3 nitrogen and oxygen atoms in total. The maximum absolute atomic E-state index is 13.1. The summed E-state index contributed by atoms with van der Waals surface area (Å²) in [4.78, 5) is 13.2. The summed E-state index contributed by atoms with van der Waals surface area (Å²) in [6, 6.07) is 7.79. The minimum absolute atomic E-state index is 0.121. The molecular formula is C12H11FN2O. The zero-order chi connectivity index (χ0) is 11.7. The van der Waals surface area contributed by atoms with Crippen LogP contribution in [0.5, 0.6) is 0 Å². The highest BCUT2D eigenvalue weighted by atomic mass is 19.1. The van der Waals surface area contributed by atoms with Crippen LogP contribution >= 0.6 is 0 Å². The Kier molecular flexibility index (Phi) is 2.61. The number of hydrogen-bond acceptors (Lipinski definition) is 2. The molecule has 0 saturated carbocycles. The lowest BCUT2D eigenvalue weighted by molar-refractivity contribution is -0.117. The van der Waals surface area contributed by atoms with E-state index in [4.69, 9.17) is 5.26 Å². The van der Waals surface area contributed by atoms with Crippen molar-refractivity contribution in [2.75, 3.05) is 4.90 Å². The summed E-state index contributed by atoms with van der Waals surface area (Å²) in [6.45, 7) is 1.81. The molecule has 0 spiro atoms. The summed E-state index contributed by atoms with van der Waals surface area (Å²) in [5.41, 5.74) is 0.523. The summed E-state index contributed by atoms with van der Waals surface area (Å²) in [7, 11) is 0. The minimum atomic E-state index is -0.377. The maximum atomic E-state index is 13.1. The molecule has 0 radical (unpaired) electrons. The second-order valence-electron chi connectivity index (χ2n) is 3.92. The van der Waals surface area contributed by atoms with Crippen LogP contribution in [-0.2, 0) is 4.79 Å². The zero-order valence-electron chi connectivity index (χ0n) is 8.85. The van der Waals surface area contributed by atoms with Gasteiger partial charge in [-0.25, -0.2) is 4.39 Å². The van der Waals surface area contributed by atoms with E-state index in [-0.39, 0.29) is 30.1 Å². The fourth-order valence-corrected chi connectivity index (χ4v) is 2.02. The summed E-state index contributed by atoms with van der Waals surface area (Å²) >= 11 is 0. The molecule has 2 atom stereocenters. The first-order valence-electron chi connectivity index (χ1n) is 5.10. The van der Waals surface area contributed by atoms with Crippen molar-refractivity contribution in [2.45, 2.75) is 19.4 Å². The van der Waals surface area contributed by atoms with Crippen molar-refractivity contribution in [1.29, 1.82) is 5.26 Å². The molecule has 0 bridgehead atoms. The number of anilines is 1. The van der Waals surface area contributed by atoms with E-state index in [1.54, 1.807) is 12.1 Å². The molecule has 1 aliphatic heterocycles. The molecule has 1 heterocycles.